The number of piperidine rings is 1. The molecule has 0 radical (unpaired) electrons. The highest BCUT2D eigenvalue weighted by Gasteiger charge is 2.32. The second-order valence-electron chi connectivity index (χ2n) is 7.43. The van der Waals surface area contributed by atoms with E-state index in [0.717, 1.165) is 24.8 Å². The van der Waals surface area contributed by atoms with Crippen LogP contribution in [0.3, 0.4) is 0 Å². The number of likely N-dealkylation sites (tertiary alicyclic amines) is 1. The summed E-state index contributed by atoms with van der Waals surface area (Å²) in [7, 11) is 1.37. The Balaban J connectivity index is 2.59. The van der Waals surface area contributed by atoms with Crippen molar-refractivity contribution < 1.29 is 14.5 Å². The summed E-state index contributed by atoms with van der Waals surface area (Å²) in [6.45, 7) is 8.60. The molecule has 0 unspecified atom stereocenters. The molecule has 0 aliphatic carbocycles. The summed E-state index contributed by atoms with van der Waals surface area (Å²) >= 11 is 0. The van der Waals surface area contributed by atoms with Gasteiger partial charge in [-0.1, -0.05) is 20.8 Å². The van der Waals surface area contributed by atoms with Gasteiger partial charge in [-0.25, -0.2) is 0 Å². The van der Waals surface area contributed by atoms with Gasteiger partial charge in [0, 0.05) is 18.7 Å². The van der Waals surface area contributed by atoms with Crippen molar-refractivity contribution in [3.05, 3.63) is 33.4 Å². The summed E-state index contributed by atoms with van der Waals surface area (Å²) in [5.41, 5.74) is 0.575. The SMILES string of the molecule is COc1c(C(=O)N2CCCC[C@H]2C)cc(C(C)(C)C)cc1[N+](=O)[O-]. The van der Waals surface area contributed by atoms with Crippen LogP contribution in [0.5, 0.6) is 5.75 Å². The van der Waals surface area contributed by atoms with E-state index in [-0.39, 0.29) is 34.4 Å². The number of nitro benzene ring substituents is 1. The minimum atomic E-state index is -0.482. The lowest BCUT2D eigenvalue weighted by atomic mass is 9.85. The summed E-state index contributed by atoms with van der Waals surface area (Å²) in [5, 5.41) is 11.5. The number of carbonyl (C=O) groups excluding carboxylic acids is 1. The van der Waals surface area contributed by atoms with Crippen molar-refractivity contribution in [3.63, 3.8) is 0 Å². The van der Waals surface area contributed by atoms with Crippen LogP contribution < -0.4 is 4.74 Å². The lowest BCUT2D eigenvalue weighted by molar-refractivity contribution is -0.385. The van der Waals surface area contributed by atoms with E-state index < -0.39 is 4.92 Å². The Hall–Kier alpha value is -2.11. The largest absolute Gasteiger partial charge is 0.490 e. The fourth-order valence-corrected chi connectivity index (χ4v) is 3.11. The van der Waals surface area contributed by atoms with Gasteiger partial charge in [0.25, 0.3) is 5.91 Å². The highest BCUT2D eigenvalue weighted by molar-refractivity contribution is 5.99. The van der Waals surface area contributed by atoms with Crippen molar-refractivity contribution in [1.82, 2.24) is 4.90 Å². The van der Waals surface area contributed by atoms with Gasteiger partial charge in [-0.2, -0.15) is 0 Å². The van der Waals surface area contributed by atoms with Crippen LogP contribution in [0.1, 0.15) is 62.9 Å². The van der Waals surface area contributed by atoms with E-state index in [1.807, 2.05) is 27.7 Å². The first kappa shape index (κ1) is 18.2. The Labute approximate surface area is 142 Å². The maximum absolute atomic E-state index is 13.1. The quantitative estimate of drug-likeness (QED) is 0.620. The lowest BCUT2D eigenvalue weighted by Gasteiger charge is -2.34. The van der Waals surface area contributed by atoms with Crippen LogP contribution in [0.25, 0.3) is 0 Å². The number of amides is 1. The van der Waals surface area contributed by atoms with Gasteiger partial charge in [-0.05, 0) is 43.2 Å². The van der Waals surface area contributed by atoms with Gasteiger partial charge in [-0.3, -0.25) is 14.9 Å². The molecule has 0 saturated carbocycles. The zero-order valence-electron chi connectivity index (χ0n) is 15.1. The topological polar surface area (TPSA) is 72.7 Å². The third-order valence-corrected chi connectivity index (χ3v) is 4.63. The third-order valence-electron chi connectivity index (χ3n) is 4.63. The standard InChI is InChI=1S/C18H26N2O4/c1-12-8-6-7-9-19(12)17(21)14-10-13(18(2,3)4)11-15(20(22)23)16(14)24-5/h10-12H,6-9H2,1-5H3/t12-/m1/s1. The van der Waals surface area contributed by atoms with E-state index in [1.54, 1.807) is 11.0 Å². The van der Waals surface area contributed by atoms with Crippen molar-refractivity contribution in [2.75, 3.05) is 13.7 Å². The fourth-order valence-electron chi connectivity index (χ4n) is 3.11. The number of hydrogen-bond acceptors (Lipinski definition) is 4. The maximum Gasteiger partial charge on any atom is 0.312 e. The fraction of sp³-hybridized carbons (Fsp3) is 0.611. The summed E-state index contributed by atoms with van der Waals surface area (Å²) < 4.78 is 5.26. The Morgan fingerprint density at radius 3 is 2.50 bits per heavy atom. The van der Waals surface area contributed by atoms with E-state index in [2.05, 4.69) is 0 Å². The van der Waals surface area contributed by atoms with Gasteiger partial charge in [-0.15, -0.1) is 0 Å². The zero-order chi connectivity index (χ0) is 18.1. The van der Waals surface area contributed by atoms with Crippen LogP contribution >= 0.6 is 0 Å². The first-order valence-corrected chi connectivity index (χ1v) is 8.34. The molecule has 0 N–H and O–H groups in total. The molecule has 1 saturated heterocycles. The molecule has 1 atom stereocenters. The first-order valence-electron chi connectivity index (χ1n) is 8.34. The van der Waals surface area contributed by atoms with E-state index in [1.165, 1.54) is 13.2 Å². The van der Waals surface area contributed by atoms with E-state index in [9.17, 15) is 14.9 Å². The van der Waals surface area contributed by atoms with Crippen molar-refractivity contribution in [1.29, 1.82) is 0 Å². The molecule has 2 rings (SSSR count). The summed E-state index contributed by atoms with van der Waals surface area (Å²) in [6, 6.07) is 3.39. The zero-order valence-corrected chi connectivity index (χ0v) is 15.1. The van der Waals surface area contributed by atoms with E-state index in [4.69, 9.17) is 4.74 Å². The van der Waals surface area contributed by atoms with E-state index >= 15 is 0 Å². The van der Waals surface area contributed by atoms with Crippen molar-refractivity contribution in [2.24, 2.45) is 0 Å². The van der Waals surface area contributed by atoms with Gasteiger partial charge in [0.15, 0.2) is 0 Å². The molecule has 1 aliphatic heterocycles. The minimum Gasteiger partial charge on any atom is -0.490 e. The van der Waals surface area contributed by atoms with Crippen LogP contribution in [-0.4, -0.2) is 35.4 Å². The molecular formula is C18H26N2O4. The molecule has 24 heavy (non-hydrogen) atoms. The molecule has 1 fully saturated rings. The van der Waals surface area contributed by atoms with Crippen molar-refractivity contribution in [2.45, 2.75) is 58.4 Å². The summed E-state index contributed by atoms with van der Waals surface area (Å²) in [6.07, 6.45) is 3.01. The van der Waals surface area contributed by atoms with Crippen molar-refractivity contribution in [3.8, 4) is 5.75 Å². The predicted molar refractivity (Wildman–Crippen MR) is 92.7 cm³/mol. The Morgan fingerprint density at radius 2 is 2.00 bits per heavy atom. The average molecular weight is 334 g/mol. The smallest absolute Gasteiger partial charge is 0.312 e. The Bertz CT molecular complexity index is 649. The average Bonchev–Trinajstić information content (AvgIpc) is 2.52. The number of benzene rings is 1. The lowest BCUT2D eigenvalue weighted by Crippen LogP contribution is -2.42. The van der Waals surface area contributed by atoms with Gasteiger partial charge in [0.1, 0.15) is 0 Å². The third kappa shape index (κ3) is 3.52. The number of nitro groups is 1. The molecule has 1 aromatic rings. The molecule has 132 valence electrons. The van der Waals surface area contributed by atoms with E-state index in [0.29, 0.717) is 6.54 Å². The molecule has 0 bridgehead atoms. The van der Waals surface area contributed by atoms with Gasteiger partial charge in [0.05, 0.1) is 17.6 Å². The van der Waals surface area contributed by atoms with Crippen LogP contribution in [0.2, 0.25) is 0 Å². The molecular weight excluding hydrogens is 308 g/mol. The minimum absolute atomic E-state index is 0.0516. The molecule has 6 heteroatoms. The highest BCUT2D eigenvalue weighted by Crippen LogP contribution is 2.37. The van der Waals surface area contributed by atoms with Crippen LogP contribution in [-0.2, 0) is 5.41 Å². The first-order chi connectivity index (χ1) is 11.2. The van der Waals surface area contributed by atoms with Gasteiger partial charge >= 0.3 is 5.69 Å². The number of methoxy groups -OCH3 is 1. The molecule has 1 aromatic carbocycles. The van der Waals surface area contributed by atoms with Crippen LogP contribution in [0.4, 0.5) is 5.69 Å². The number of rotatable bonds is 3. The second kappa shape index (κ2) is 6.79. The maximum atomic E-state index is 13.1. The monoisotopic (exact) mass is 334 g/mol. The predicted octanol–water partition coefficient (Wildman–Crippen LogP) is 3.92. The Morgan fingerprint density at radius 1 is 1.33 bits per heavy atom. The highest BCUT2D eigenvalue weighted by atomic mass is 16.6. The van der Waals surface area contributed by atoms with Gasteiger partial charge < -0.3 is 9.64 Å². The molecule has 1 aliphatic rings. The molecule has 0 spiro atoms. The number of carbonyl (C=O) groups is 1. The van der Waals surface area contributed by atoms with Gasteiger partial charge in [0.2, 0.25) is 5.75 Å². The molecule has 0 aromatic heterocycles. The normalized spacial score (nSPS) is 18.4. The summed E-state index contributed by atoms with van der Waals surface area (Å²) in [4.78, 5) is 25.9. The Kier molecular flexibility index (Phi) is 5.16. The number of hydrogen-bond donors (Lipinski definition) is 0. The van der Waals surface area contributed by atoms with Crippen LogP contribution in [0, 0.1) is 10.1 Å². The number of ether oxygens (including phenoxy) is 1. The van der Waals surface area contributed by atoms with Crippen LogP contribution in [0.15, 0.2) is 12.1 Å². The second-order valence-corrected chi connectivity index (χ2v) is 7.43. The summed E-state index contributed by atoms with van der Waals surface area (Å²) in [5.74, 6) is -0.135. The molecule has 1 heterocycles. The molecule has 1 amide bonds. The molecule has 6 nitrogen and oxygen atoms in total. The van der Waals surface area contributed by atoms with Crippen molar-refractivity contribution >= 4 is 11.6 Å². The number of nitrogens with zero attached hydrogens (tertiary/aromatic N) is 2.